The molecule has 0 saturated heterocycles. The summed E-state index contributed by atoms with van der Waals surface area (Å²) in [6.07, 6.45) is 1.21. The molecule has 2 N–H and O–H groups in total. The standard InChI is InChI=1S/C10H12BClO3/c1-2-3-10(13)7-4-5-9(12)8(6-7)11(14)15/h4-6,14-15H,2-3H2,1H3. The highest BCUT2D eigenvalue weighted by Gasteiger charge is 2.17. The van der Waals surface area contributed by atoms with Crippen molar-refractivity contribution in [2.24, 2.45) is 0 Å². The number of hydrogen-bond acceptors (Lipinski definition) is 3. The molecule has 5 heteroatoms. The molecule has 15 heavy (non-hydrogen) atoms. The Balaban J connectivity index is 3.02. The van der Waals surface area contributed by atoms with Gasteiger partial charge < -0.3 is 10.0 Å². The van der Waals surface area contributed by atoms with Gasteiger partial charge in [-0.05, 0) is 18.6 Å². The minimum absolute atomic E-state index is 0.0175. The molecule has 0 aliphatic carbocycles. The Labute approximate surface area is 93.8 Å². The van der Waals surface area contributed by atoms with Gasteiger partial charge in [0.15, 0.2) is 5.78 Å². The van der Waals surface area contributed by atoms with Crippen molar-refractivity contribution in [2.75, 3.05) is 0 Å². The fourth-order valence-corrected chi connectivity index (χ4v) is 1.50. The molecular formula is C10H12BClO3. The third kappa shape index (κ3) is 3.06. The second kappa shape index (κ2) is 5.30. The summed E-state index contributed by atoms with van der Waals surface area (Å²) in [5, 5.41) is 18.2. The summed E-state index contributed by atoms with van der Waals surface area (Å²) in [7, 11) is -1.65. The molecule has 0 fully saturated rings. The molecule has 0 aromatic heterocycles. The van der Waals surface area contributed by atoms with Crippen LogP contribution in [0.2, 0.25) is 5.02 Å². The third-order valence-corrected chi connectivity index (χ3v) is 2.42. The maximum Gasteiger partial charge on any atom is 0.489 e. The first kappa shape index (κ1) is 12.2. The molecule has 0 spiro atoms. The highest BCUT2D eigenvalue weighted by Crippen LogP contribution is 2.10. The van der Waals surface area contributed by atoms with E-state index in [1.165, 1.54) is 12.1 Å². The van der Waals surface area contributed by atoms with Crippen LogP contribution in [0.15, 0.2) is 18.2 Å². The van der Waals surface area contributed by atoms with Crippen molar-refractivity contribution in [3.63, 3.8) is 0 Å². The maximum atomic E-state index is 11.5. The third-order valence-electron chi connectivity index (χ3n) is 2.07. The molecule has 0 radical (unpaired) electrons. The number of rotatable bonds is 4. The van der Waals surface area contributed by atoms with Crippen LogP contribution < -0.4 is 5.46 Å². The van der Waals surface area contributed by atoms with Crippen molar-refractivity contribution >= 4 is 30.0 Å². The van der Waals surface area contributed by atoms with Crippen molar-refractivity contribution in [2.45, 2.75) is 19.8 Å². The number of hydrogen-bond donors (Lipinski definition) is 2. The number of halogens is 1. The zero-order chi connectivity index (χ0) is 11.4. The minimum Gasteiger partial charge on any atom is -0.423 e. The molecule has 0 bridgehead atoms. The van der Waals surface area contributed by atoms with Gasteiger partial charge in [-0.2, -0.15) is 0 Å². The van der Waals surface area contributed by atoms with E-state index in [0.29, 0.717) is 12.0 Å². The Kier molecular flexibility index (Phi) is 4.33. The van der Waals surface area contributed by atoms with Crippen molar-refractivity contribution < 1.29 is 14.8 Å². The SMILES string of the molecule is CCCC(=O)c1ccc(Cl)c(B(O)O)c1. The number of Topliss-reactive ketones (excluding diaryl/α,β-unsaturated/α-hetero) is 1. The number of benzene rings is 1. The van der Waals surface area contributed by atoms with Gasteiger partial charge in [-0.1, -0.05) is 24.6 Å². The Morgan fingerprint density at radius 3 is 2.67 bits per heavy atom. The van der Waals surface area contributed by atoms with E-state index < -0.39 is 7.12 Å². The summed E-state index contributed by atoms with van der Waals surface area (Å²) in [6.45, 7) is 1.91. The summed E-state index contributed by atoms with van der Waals surface area (Å²) in [5.41, 5.74) is 0.628. The lowest BCUT2D eigenvalue weighted by Crippen LogP contribution is -2.31. The summed E-state index contributed by atoms with van der Waals surface area (Å²) in [4.78, 5) is 11.5. The van der Waals surface area contributed by atoms with Gasteiger partial charge in [0.05, 0.1) is 0 Å². The van der Waals surface area contributed by atoms with Crippen LogP contribution in [0.5, 0.6) is 0 Å². The molecule has 0 aliphatic rings. The fourth-order valence-electron chi connectivity index (χ4n) is 1.29. The van der Waals surface area contributed by atoms with Crippen LogP contribution in [-0.4, -0.2) is 22.9 Å². The zero-order valence-corrected chi connectivity index (χ0v) is 9.16. The first-order valence-electron chi connectivity index (χ1n) is 4.75. The molecule has 3 nitrogen and oxygen atoms in total. The van der Waals surface area contributed by atoms with E-state index in [1.54, 1.807) is 6.07 Å². The fraction of sp³-hybridized carbons (Fsp3) is 0.300. The van der Waals surface area contributed by atoms with Crippen molar-refractivity contribution in [3.05, 3.63) is 28.8 Å². The van der Waals surface area contributed by atoms with Crippen molar-refractivity contribution in [3.8, 4) is 0 Å². The molecule has 0 amide bonds. The van der Waals surface area contributed by atoms with Gasteiger partial charge in [0.2, 0.25) is 0 Å². The summed E-state index contributed by atoms with van der Waals surface area (Å²) in [5.74, 6) is -0.0175. The Morgan fingerprint density at radius 1 is 1.47 bits per heavy atom. The average Bonchev–Trinajstić information content (AvgIpc) is 2.18. The Bertz CT molecular complexity index is 366. The van der Waals surface area contributed by atoms with E-state index in [0.717, 1.165) is 6.42 Å². The lowest BCUT2D eigenvalue weighted by Gasteiger charge is -2.05. The molecule has 0 aliphatic heterocycles. The van der Waals surface area contributed by atoms with Crippen molar-refractivity contribution in [1.82, 2.24) is 0 Å². The topological polar surface area (TPSA) is 57.5 Å². The lowest BCUT2D eigenvalue weighted by molar-refractivity contribution is 0.0982. The predicted octanol–water partition coefficient (Wildman–Crippen LogP) is 1.00. The largest absolute Gasteiger partial charge is 0.489 e. The van der Waals surface area contributed by atoms with Crippen LogP contribution in [0.1, 0.15) is 30.1 Å². The van der Waals surface area contributed by atoms with Gasteiger partial charge in [0.1, 0.15) is 0 Å². The maximum absolute atomic E-state index is 11.5. The van der Waals surface area contributed by atoms with E-state index in [9.17, 15) is 4.79 Å². The summed E-state index contributed by atoms with van der Waals surface area (Å²) < 4.78 is 0. The van der Waals surface area contributed by atoms with Crippen LogP contribution in [0.3, 0.4) is 0 Å². The van der Waals surface area contributed by atoms with Crippen LogP contribution in [0.4, 0.5) is 0 Å². The zero-order valence-electron chi connectivity index (χ0n) is 8.40. The quantitative estimate of drug-likeness (QED) is 0.595. The first-order chi connectivity index (χ1) is 7.06. The van der Waals surface area contributed by atoms with E-state index in [2.05, 4.69) is 0 Å². The van der Waals surface area contributed by atoms with Gasteiger partial charge >= 0.3 is 7.12 Å². The molecule has 0 atom stereocenters. The van der Waals surface area contributed by atoms with E-state index in [4.69, 9.17) is 21.6 Å². The molecule has 0 unspecified atom stereocenters. The number of carbonyl (C=O) groups excluding carboxylic acids is 1. The Hall–Kier alpha value is -0.835. The monoisotopic (exact) mass is 226 g/mol. The van der Waals surface area contributed by atoms with E-state index >= 15 is 0 Å². The second-order valence-electron chi connectivity index (χ2n) is 3.28. The highest BCUT2D eigenvalue weighted by atomic mass is 35.5. The molecule has 0 heterocycles. The molecule has 80 valence electrons. The lowest BCUT2D eigenvalue weighted by atomic mass is 9.79. The van der Waals surface area contributed by atoms with E-state index in [1.807, 2.05) is 6.92 Å². The van der Waals surface area contributed by atoms with Crippen LogP contribution in [0, 0.1) is 0 Å². The predicted molar refractivity (Wildman–Crippen MR) is 60.5 cm³/mol. The van der Waals surface area contributed by atoms with Crippen LogP contribution in [0.25, 0.3) is 0 Å². The first-order valence-corrected chi connectivity index (χ1v) is 5.12. The minimum atomic E-state index is -1.65. The van der Waals surface area contributed by atoms with Gasteiger partial charge in [-0.15, -0.1) is 0 Å². The number of ketones is 1. The second-order valence-corrected chi connectivity index (χ2v) is 3.69. The van der Waals surface area contributed by atoms with Crippen LogP contribution >= 0.6 is 11.6 Å². The average molecular weight is 226 g/mol. The van der Waals surface area contributed by atoms with Crippen LogP contribution in [-0.2, 0) is 0 Å². The molecule has 0 saturated carbocycles. The molecule has 1 aromatic rings. The normalized spacial score (nSPS) is 10.1. The van der Waals surface area contributed by atoms with Gasteiger partial charge in [0, 0.05) is 22.5 Å². The Morgan fingerprint density at radius 2 is 2.13 bits per heavy atom. The summed E-state index contributed by atoms with van der Waals surface area (Å²) >= 11 is 5.74. The van der Waals surface area contributed by atoms with Crippen molar-refractivity contribution in [1.29, 1.82) is 0 Å². The van der Waals surface area contributed by atoms with Gasteiger partial charge in [0.25, 0.3) is 0 Å². The summed E-state index contributed by atoms with van der Waals surface area (Å²) in [6, 6.07) is 4.51. The highest BCUT2D eigenvalue weighted by molar-refractivity contribution is 6.62. The van der Waals surface area contributed by atoms with Gasteiger partial charge in [-0.25, -0.2) is 0 Å². The molecule has 1 rings (SSSR count). The molecular weight excluding hydrogens is 214 g/mol. The van der Waals surface area contributed by atoms with E-state index in [-0.39, 0.29) is 16.3 Å². The molecule has 1 aromatic carbocycles. The van der Waals surface area contributed by atoms with Gasteiger partial charge in [-0.3, -0.25) is 4.79 Å². The number of carbonyl (C=O) groups is 1. The smallest absolute Gasteiger partial charge is 0.423 e.